The summed E-state index contributed by atoms with van der Waals surface area (Å²) in [6.45, 7) is 0.129. The number of rotatable bonds is 3. The van der Waals surface area contributed by atoms with Crippen molar-refractivity contribution < 1.29 is 9.90 Å². The number of aliphatic hydroxyl groups excluding tert-OH is 1. The van der Waals surface area contributed by atoms with E-state index in [0.29, 0.717) is 0 Å². The Morgan fingerprint density at radius 1 is 1.11 bits per heavy atom. The van der Waals surface area contributed by atoms with Crippen LogP contribution in [0.15, 0.2) is 42.5 Å². The molecule has 4 nitrogen and oxygen atoms in total. The molecule has 2 amide bonds. The molecule has 0 aliphatic heterocycles. The zero-order valence-electron chi connectivity index (χ0n) is 10.3. The molecule has 5 heteroatoms. The zero-order chi connectivity index (χ0) is 14.1. The van der Waals surface area contributed by atoms with Crippen LogP contribution in [0.1, 0.15) is 15.3 Å². The van der Waals surface area contributed by atoms with Gasteiger partial charge in [0.1, 0.15) is 0 Å². The van der Waals surface area contributed by atoms with Crippen LogP contribution in [-0.4, -0.2) is 11.1 Å². The quantitative estimate of drug-likeness (QED) is 0.803. The lowest BCUT2D eigenvalue weighted by Crippen LogP contribution is -2.18. The Kier molecular flexibility index (Phi) is 6.35. The Balaban J connectivity index is 0.000000399. The summed E-state index contributed by atoms with van der Waals surface area (Å²) < 4.78 is 0. The van der Waals surface area contributed by atoms with Crippen LogP contribution in [0.25, 0.3) is 12.2 Å². The molecule has 1 aromatic carbocycles. The van der Waals surface area contributed by atoms with Gasteiger partial charge in [0.15, 0.2) is 0 Å². The predicted octanol–water partition coefficient (Wildman–Crippen LogP) is 2.43. The summed E-state index contributed by atoms with van der Waals surface area (Å²) in [7, 11) is 0. The maximum absolute atomic E-state index is 9.00. The van der Waals surface area contributed by atoms with E-state index in [9.17, 15) is 0 Å². The molecule has 2 aromatic rings. The number of carbonyl (C=O) groups is 1. The summed E-state index contributed by atoms with van der Waals surface area (Å²) in [6.07, 6.45) is 4.14. The minimum Gasteiger partial charge on any atom is -0.391 e. The van der Waals surface area contributed by atoms with E-state index in [4.69, 9.17) is 9.90 Å². The van der Waals surface area contributed by atoms with Gasteiger partial charge in [0, 0.05) is 9.75 Å². The second-order valence-corrected chi connectivity index (χ2v) is 4.81. The summed E-state index contributed by atoms with van der Waals surface area (Å²) in [5.41, 5.74) is 9.69. The van der Waals surface area contributed by atoms with E-state index in [0.717, 1.165) is 4.88 Å². The average Bonchev–Trinajstić information content (AvgIpc) is 2.85. The SMILES string of the molecule is NC(N)=O.OCc1ccc(C=Cc2ccccc2)s1. The first-order chi connectivity index (χ1) is 9.11. The molecule has 0 radical (unpaired) electrons. The number of thiophene rings is 1. The zero-order valence-corrected chi connectivity index (χ0v) is 11.1. The van der Waals surface area contributed by atoms with Gasteiger partial charge in [0.25, 0.3) is 0 Å². The van der Waals surface area contributed by atoms with Crippen LogP contribution < -0.4 is 11.5 Å². The van der Waals surface area contributed by atoms with Gasteiger partial charge in [-0.25, -0.2) is 4.79 Å². The highest BCUT2D eigenvalue weighted by Crippen LogP contribution is 2.18. The third kappa shape index (κ3) is 6.40. The Bertz CT molecular complexity index is 531. The number of urea groups is 1. The molecule has 0 fully saturated rings. The Labute approximate surface area is 116 Å². The lowest BCUT2D eigenvalue weighted by molar-refractivity contribution is 0.256. The highest BCUT2D eigenvalue weighted by Gasteiger charge is 1.94. The molecular weight excluding hydrogens is 260 g/mol. The van der Waals surface area contributed by atoms with Crippen molar-refractivity contribution >= 4 is 29.5 Å². The van der Waals surface area contributed by atoms with Crippen molar-refractivity contribution in [3.63, 3.8) is 0 Å². The molecule has 0 unspecified atom stereocenters. The molecular formula is C14H16N2O2S. The number of hydrogen-bond acceptors (Lipinski definition) is 3. The van der Waals surface area contributed by atoms with Crippen molar-refractivity contribution in [2.45, 2.75) is 6.61 Å². The van der Waals surface area contributed by atoms with Gasteiger partial charge >= 0.3 is 6.03 Å². The highest BCUT2D eigenvalue weighted by molar-refractivity contribution is 7.12. The predicted molar refractivity (Wildman–Crippen MR) is 79.4 cm³/mol. The van der Waals surface area contributed by atoms with Crippen molar-refractivity contribution in [1.29, 1.82) is 0 Å². The highest BCUT2D eigenvalue weighted by atomic mass is 32.1. The summed E-state index contributed by atoms with van der Waals surface area (Å²) in [6, 6.07) is 13.3. The molecule has 0 spiro atoms. The number of aliphatic hydroxyl groups is 1. The number of nitrogens with two attached hydrogens (primary N) is 2. The molecule has 0 saturated carbocycles. The molecule has 1 aromatic heterocycles. The molecule has 1 heterocycles. The molecule has 0 bridgehead atoms. The number of amides is 2. The van der Waals surface area contributed by atoms with Crippen molar-refractivity contribution in [3.05, 3.63) is 57.8 Å². The normalized spacial score (nSPS) is 9.95. The van der Waals surface area contributed by atoms with Gasteiger partial charge < -0.3 is 16.6 Å². The van der Waals surface area contributed by atoms with E-state index >= 15 is 0 Å². The Morgan fingerprint density at radius 3 is 2.26 bits per heavy atom. The van der Waals surface area contributed by atoms with Crippen LogP contribution in [0.5, 0.6) is 0 Å². The molecule has 100 valence electrons. The minimum atomic E-state index is -0.833. The van der Waals surface area contributed by atoms with Crippen LogP contribution in [0.3, 0.4) is 0 Å². The fraction of sp³-hybridized carbons (Fsp3) is 0.0714. The molecule has 0 aliphatic carbocycles. The number of benzene rings is 1. The van der Waals surface area contributed by atoms with Crippen LogP contribution in [0.4, 0.5) is 4.79 Å². The second-order valence-electron chi connectivity index (χ2n) is 3.61. The van der Waals surface area contributed by atoms with E-state index in [1.807, 2.05) is 30.3 Å². The first kappa shape index (κ1) is 14.9. The fourth-order valence-corrected chi connectivity index (χ4v) is 2.09. The number of carbonyl (C=O) groups excluding carboxylic acids is 1. The average molecular weight is 276 g/mol. The monoisotopic (exact) mass is 276 g/mol. The molecule has 2 rings (SSSR count). The van der Waals surface area contributed by atoms with Crippen LogP contribution in [0, 0.1) is 0 Å². The van der Waals surface area contributed by atoms with Gasteiger partial charge in [-0.15, -0.1) is 11.3 Å². The summed E-state index contributed by atoms with van der Waals surface area (Å²) in [5, 5.41) is 8.92. The van der Waals surface area contributed by atoms with Gasteiger partial charge in [0.2, 0.25) is 0 Å². The topological polar surface area (TPSA) is 89.3 Å². The van der Waals surface area contributed by atoms with Crippen LogP contribution in [0.2, 0.25) is 0 Å². The third-order valence-corrected chi connectivity index (χ3v) is 3.11. The number of hydrogen-bond donors (Lipinski definition) is 3. The van der Waals surface area contributed by atoms with E-state index in [-0.39, 0.29) is 6.61 Å². The molecule has 19 heavy (non-hydrogen) atoms. The van der Waals surface area contributed by atoms with Gasteiger partial charge in [-0.05, 0) is 23.8 Å². The largest absolute Gasteiger partial charge is 0.391 e. The van der Waals surface area contributed by atoms with Crippen molar-refractivity contribution in [2.75, 3.05) is 0 Å². The minimum absolute atomic E-state index is 0.129. The van der Waals surface area contributed by atoms with Gasteiger partial charge in [-0.1, -0.05) is 36.4 Å². The maximum Gasteiger partial charge on any atom is 0.309 e. The van der Waals surface area contributed by atoms with Crippen LogP contribution in [-0.2, 0) is 6.61 Å². The maximum atomic E-state index is 9.00. The molecule has 5 N–H and O–H groups in total. The smallest absolute Gasteiger partial charge is 0.309 e. The van der Waals surface area contributed by atoms with E-state index in [1.54, 1.807) is 11.3 Å². The Morgan fingerprint density at radius 2 is 1.74 bits per heavy atom. The summed E-state index contributed by atoms with van der Waals surface area (Å²) in [4.78, 5) is 11.2. The first-order valence-corrected chi connectivity index (χ1v) is 6.41. The third-order valence-electron chi connectivity index (χ3n) is 2.08. The van der Waals surface area contributed by atoms with E-state index in [2.05, 4.69) is 35.8 Å². The fourth-order valence-electron chi connectivity index (χ4n) is 1.31. The lowest BCUT2D eigenvalue weighted by Gasteiger charge is -1.90. The lowest BCUT2D eigenvalue weighted by atomic mass is 10.2. The van der Waals surface area contributed by atoms with Crippen molar-refractivity contribution in [3.8, 4) is 0 Å². The summed E-state index contributed by atoms with van der Waals surface area (Å²) in [5.74, 6) is 0. The summed E-state index contributed by atoms with van der Waals surface area (Å²) >= 11 is 1.62. The number of primary amides is 2. The van der Waals surface area contributed by atoms with Gasteiger partial charge in [-0.3, -0.25) is 0 Å². The van der Waals surface area contributed by atoms with E-state index < -0.39 is 6.03 Å². The standard InChI is InChI=1S/C13H12OS.CH4N2O/c14-10-13-9-8-12(15-13)7-6-11-4-2-1-3-5-11;2-1(3)4/h1-9,14H,10H2;(H4,2,3,4). The first-order valence-electron chi connectivity index (χ1n) is 5.59. The molecule has 0 atom stereocenters. The van der Waals surface area contributed by atoms with Crippen molar-refractivity contribution in [2.24, 2.45) is 11.5 Å². The Hall–Kier alpha value is -2.11. The van der Waals surface area contributed by atoms with Crippen LogP contribution >= 0.6 is 11.3 Å². The second kappa shape index (κ2) is 8.07. The van der Waals surface area contributed by atoms with Crippen molar-refractivity contribution in [1.82, 2.24) is 0 Å². The van der Waals surface area contributed by atoms with E-state index in [1.165, 1.54) is 10.4 Å². The van der Waals surface area contributed by atoms with Gasteiger partial charge in [-0.2, -0.15) is 0 Å². The van der Waals surface area contributed by atoms with Gasteiger partial charge in [0.05, 0.1) is 6.61 Å². The molecule has 0 saturated heterocycles. The molecule has 0 aliphatic rings.